The van der Waals surface area contributed by atoms with Gasteiger partial charge < -0.3 is 15.4 Å². The first-order valence-corrected chi connectivity index (χ1v) is 17.3. The second-order valence-corrected chi connectivity index (χ2v) is 13.6. The number of ether oxygens (including phenoxy) is 1. The number of methoxy groups -OCH3 is 1. The minimum absolute atomic E-state index is 0.252. The van der Waals surface area contributed by atoms with Crippen molar-refractivity contribution in [3.05, 3.63) is 154 Å². The SMILES string of the molecule is COC(=O)c1c(NC(=O)C(Sc2cccc(NC(=O)/C=C/c3ccccc3)c2)c2ccccc2)sc2c1CCN(Cc1ccccc1)C2. The molecule has 0 aliphatic carbocycles. The molecule has 0 radical (unpaired) electrons. The number of carbonyl (C=O) groups excluding carboxylic acids is 3. The Balaban J connectivity index is 1.21. The van der Waals surface area contributed by atoms with Crippen molar-refractivity contribution in [1.29, 1.82) is 0 Å². The van der Waals surface area contributed by atoms with Crippen LogP contribution < -0.4 is 10.6 Å². The molecule has 0 bridgehead atoms. The molecule has 2 heterocycles. The smallest absolute Gasteiger partial charge is 0.341 e. The molecule has 242 valence electrons. The van der Waals surface area contributed by atoms with Gasteiger partial charge in [-0.25, -0.2) is 4.79 Å². The van der Waals surface area contributed by atoms with Crippen molar-refractivity contribution in [3.63, 3.8) is 0 Å². The lowest BCUT2D eigenvalue weighted by Gasteiger charge is -2.27. The Morgan fingerprint density at radius 3 is 2.33 bits per heavy atom. The van der Waals surface area contributed by atoms with E-state index in [1.807, 2.05) is 103 Å². The summed E-state index contributed by atoms with van der Waals surface area (Å²) in [7, 11) is 1.37. The van der Waals surface area contributed by atoms with E-state index < -0.39 is 11.2 Å². The summed E-state index contributed by atoms with van der Waals surface area (Å²) < 4.78 is 5.19. The zero-order valence-corrected chi connectivity index (χ0v) is 28.1. The first-order valence-electron chi connectivity index (χ1n) is 15.6. The summed E-state index contributed by atoms with van der Waals surface area (Å²) in [5.74, 6) is -0.956. The summed E-state index contributed by atoms with van der Waals surface area (Å²) in [4.78, 5) is 44.1. The van der Waals surface area contributed by atoms with Crippen LogP contribution in [0, 0.1) is 0 Å². The molecular formula is C39H35N3O4S2. The number of thiophene rings is 1. The predicted molar refractivity (Wildman–Crippen MR) is 194 cm³/mol. The minimum Gasteiger partial charge on any atom is -0.465 e. The molecule has 5 aromatic rings. The normalized spacial score (nSPS) is 13.4. The van der Waals surface area contributed by atoms with E-state index in [-0.39, 0.29) is 11.8 Å². The molecule has 1 aliphatic rings. The molecule has 0 spiro atoms. The Kier molecular flexibility index (Phi) is 10.8. The van der Waals surface area contributed by atoms with Gasteiger partial charge in [-0.15, -0.1) is 23.1 Å². The summed E-state index contributed by atoms with van der Waals surface area (Å²) in [6.07, 6.45) is 3.94. The van der Waals surface area contributed by atoms with Crippen molar-refractivity contribution < 1.29 is 19.1 Å². The Morgan fingerprint density at radius 2 is 1.60 bits per heavy atom. The summed E-state index contributed by atoms with van der Waals surface area (Å²) >= 11 is 2.82. The molecular weight excluding hydrogens is 639 g/mol. The third-order valence-corrected chi connectivity index (χ3v) is 10.3. The Bertz CT molecular complexity index is 1910. The van der Waals surface area contributed by atoms with Gasteiger partial charge >= 0.3 is 5.97 Å². The zero-order valence-electron chi connectivity index (χ0n) is 26.4. The van der Waals surface area contributed by atoms with Gasteiger partial charge in [-0.2, -0.15) is 0 Å². The molecule has 0 saturated heterocycles. The molecule has 2 amide bonds. The maximum atomic E-state index is 14.1. The van der Waals surface area contributed by atoms with Crippen LogP contribution in [0.5, 0.6) is 0 Å². The maximum absolute atomic E-state index is 14.1. The van der Waals surface area contributed by atoms with E-state index in [2.05, 4.69) is 27.7 Å². The zero-order chi connectivity index (χ0) is 33.3. The molecule has 6 rings (SSSR count). The number of amides is 2. The van der Waals surface area contributed by atoms with Crippen molar-refractivity contribution in [2.24, 2.45) is 0 Å². The third kappa shape index (κ3) is 8.30. The third-order valence-electron chi connectivity index (χ3n) is 7.93. The number of hydrogen-bond acceptors (Lipinski definition) is 7. The number of esters is 1. The van der Waals surface area contributed by atoms with Gasteiger partial charge in [0.15, 0.2) is 0 Å². The van der Waals surface area contributed by atoms with Gasteiger partial charge in [0, 0.05) is 41.2 Å². The molecule has 4 aromatic carbocycles. The van der Waals surface area contributed by atoms with Gasteiger partial charge in [0.05, 0.1) is 12.7 Å². The number of hydrogen-bond donors (Lipinski definition) is 2. The van der Waals surface area contributed by atoms with Crippen LogP contribution in [0.3, 0.4) is 0 Å². The van der Waals surface area contributed by atoms with Crippen molar-refractivity contribution >= 4 is 57.6 Å². The highest BCUT2D eigenvalue weighted by molar-refractivity contribution is 8.00. The molecule has 9 heteroatoms. The summed E-state index contributed by atoms with van der Waals surface area (Å²) in [6.45, 7) is 2.29. The number of benzene rings is 4. The predicted octanol–water partition coefficient (Wildman–Crippen LogP) is 8.22. The molecule has 48 heavy (non-hydrogen) atoms. The fourth-order valence-corrected chi connectivity index (χ4v) is 7.99. The highest BCUT2D eigenvalue weighted by Gasteiger charge is 2.31. The van der Waals surface area contributed by atoms with Gasteiger partial charge in [0.25, 0.3) is 0 Å². The number of nitrogens with zero attached hydrogens (tertiary/aromatic N) is 1. The molecule has 0 saturated carbocycles. The lowest BCUT2D eigenvalue weighted by atomic mass is 10.0. The second-order valence-electron chi connectivity index (χ2n) is 11.3. The summed E-state index contributed by atoms with van der Waals surface area (Å²) in [5.41, 5.74) is 4.98. The van der Waals surface area contributed by atoms with Crippen molar-refractivity contribution in [2.75, 3.05) is 24.3 Å². The van der Waals surface area contributed by atoms with Gasteiger partial charge in [0.2, 0.25) is 11.8 Å². The van der Waals surface area contributed by atoms with Crippen LogP contribution in [-0.2, 0) is 33.8 Å². The van der Waals surface area contributed by atoms with Gasteiger partial charge in [-0.1, -0.05) is 97.1 Å². The quantitative estimate of drug-likeness (QED) is 0.0835. The Labute approximate surface area is 288 Å². The van der Waals surface area contributed by atoms with Crippen LogP contribution in [0.1, 0.15) is 42.7 Å². The second kappa shape index (κ2) is 15.8. The van der Waals surface area contributed by atoms with E-state index in [0.29, 0.717) is 29.2 Å². The molecule has 0 fully saturated rings. The monoisotopic (exact) mass is 673 g/mol. The first-order chi connectivity index (χ1) is 23.5. The highest BCUT2D eigenvalue weighted by Crippen LogP contribution is 2.41. The van der Waals surface area contributed by atoms with Crippen molar-refractivity contribution in [3.8, 4) is 0 Å². The topological polar surface area (TPSA) is 87.7 Å². The summed E-state index contributed by atoms with van der Waals surface area (Å²) in [5, 5.41) is 5.90. The lowest BCUT2D eigenvalue weighted by Crippen LogP contribution is -2.29. The van der Waals surface area contributed by atoms with Gasteiger partial charge in [0.1, 0.15) is 10.3 Å². The number of rotatable bonds is 11. The fraction of sp³-hybridized carbons (Fsp3) is 0.154. The molecule has 1 aliphatic heterocycles. The number of anilines is 2. The summed E-state index contributed by atoms with van der Waals surface area (Å²) in [6, 6.07) is 36.9. The fourth-order valence-electron chi connectivity index (χ4n) is 5.62. The van der Waals surface area contributed by atoms with Crippen LogP contribution in [0.25, 0.3) is 6.08 Å². The highest BCUT2D eigenvalue weighted by atomic mass is 32.2. The van der Waals surface area contributed by atoms with Gasteiger partial charge in [-0.05, 0) is 52.9 Å². The largest absolute Gasteiger partial charge is 0.465 e. The minimum atomic E-state index is -0.630. The van der Waals surface area contributed by atoms with Crippen LogP contribution in [0.2, 0.25) is 0 Å². The van der Waals surface area contributed by atoms with Crippen LogP contribution in [-0.4, -0.2) is 36.3 Å². The maximum Gasteiger partial charge on any atom is 0.341 e. The van der Waals surface area contributed by atoms with E-state index in [1.54, 1.807) is 6.08 Å². The van der Waals surface area contributed by atoms with E-state index >= 15 is 0 Å². The van der Waals surface area contributed by atoms with Crippen LogP contribution >= 0.6 is 23.1 Å². The Hall–Kier alpha value is -4.96. The number of nitrogens with one attached hydrogen (secondary N) is 2. The van der Waals surface area contributed by atoms with Crippen LogP contribution in [0.15, 0.2) is 126 Å². The average Bonchev–Trinajstić information content (AvgIpc) is 3.47. The number of carbonyl (C=O) groups is 3. The first kappa shape index (κ1) is 33.0. The van der Waals surface area contributed by atoms with Gasteiger partial charge in [-0.3, -0.25) is 14.5 Å². The molecule has 1 atom stereocenters. The lowest BCUT2D eigenvalue weighted by molar-refractivity contribution is -0.116. The molecule has 1 aromatic heterocycles. The van der Waals surface area contributed by atoms with Crippen molar-refractivity contribution in [1.82, 2.24) is 4.90 Å². The molecule has 2 N–H and O–H groups in total. The Morgan fingerprint density at radius 1 is 0.896 bits per heavy atom. The number of thioether (sulfide) groups is 1. The number of fused-ring (bicyclic) bond motifs is 1. The van der Waals surface area contributed by atoms with E-state index in [4.69, 9.17) is 4.74 Å². The molecule has 1 unspecified atom stereocenters. The standard InChI is InChI=1S/C39H35N3O4S2/c1-46-39(45)35-32-22-23-42(25-28-14-7-3-8-15-28)26-33(32)48-38(35)41-37(44)36(29-16-9-4-10-17-29)47-31-19-11-18-30(24-31)40-34(43)21-20-27-12-5-2-6-13-27/h2-21,24,36H,22-23,25-26H2,1H3,(H,40,43)(H,41,44)/b21-20+. The van der Waals surface area contributed by atoms with Crippen LogP contribution in [0.4, 0.5) is 10.7 Å². The van der Waals surface area contributed by atoms with E-state index in [1.165, 1.54) is 41.8 Å². The van der Waals surface area contributed by atoms with E-state index in [9.17, 15) is 14.4 Å². The average molecular weight is 674 g/mol. The molecule has 7 nitrogen and oxygen atoms in total. The van der Waals surface area contributed by atoms with E-state index in [0.717, 1.165) is 39.6 Å². The van der Waals surface area contributed by atoms with Crippen molar-refractivity contribution in [2.45, 2.75) is 29.7 Å².